The van der Waals surface area contributed by atoms with Crippen LogP contribution in [-0.4, -0.2) is 28.8 Å². The highest BCUT2D eigenvalue weighted by Crippen LogP contribution is 2.24. The number of carbonyl (C=O) groups excluding carboxylic acids is 2. The second-order valence-corrected chi connectivity index (χ2v) is 8.12. The number of rotatable bonds is 7. The van der Waals surface area contributed by atoms with Gasteiger partial charge in [0.15, 0.2) is 0 Å². The molecule has 2 rings (SSSR count). The number of hydrogen-bond acceptors (Lipinski definition) is 2. The average Bonchev–Trinajstić information content (AvgIpc) is 2.62. The summed E-state index contributed by atoms with van der Waals surface area (Å²) in [5, 5.41) is 4.31. The van der Waals surface area contributed by atoms with Gasteiger partial charge < -0.3 is 10.2 Å². The van der Waals surface area contributed by atoms with Crippen LogP contribution in [0, 0.1) is 0 Å². The molecular weight excluding hydrogens is 419 g/mol. The van der Waals surface area contributed by atoms with Crippen molar-refractivity contribution in [2.24, 2.45) is 0 Å². The molecule has 2 aromatic rings. The monoisotopic (exact) mass is 440 g/mol. The minimum atomic E-state index is -0.669. The van der Waals surface area contributed by atoms with E-state index in [2.05, 4.69) is 5.32 Å². The molecule has 2 aromatic carbocycles. The zero-order valence-corrected chi connectivity index (χ0v) is 18.3. The van der Waals surface area contributed by atoms with Gasteiger partial charge in [0, 0.05) is 27.7 Å². The third-order valence-corrected chi connectivity index (χ3v) is 5.21. The molecule has 1 N–H and O–H groups in total. The van der Waals surface area contributed by atoms with Crippen LogP contribution in [-0.2, 0) is 22.6 Å². The number of halogens is 3. The van der Waals surface area contributed by atoms with E-state index in [1.807, 2.05) is 32.0 Å². The first-order chi connectivity index (χ1) is 13.2. The Labute approximate surface area is 180 Å². The topological polar surface area (TPSA) is 49.4 Å². The van der Waals surface area contributed by atoms with Gasteiger partial charge in [0.2, 0.25) is 11.8 Å². The van der Waals surface area contributed by atoms with E-state index >= 15 is 0 Å². The average molecular weight is 442 g/mol. The first kappa shape index (κ1) is 22.5. The van der Waals surface area contributed by atoms with E-state index in [9.17, 15) is 9.59 Å². The molecule has 0 bridgehead atoms. The molecule has 0 aliphatic carbocycles. The fourth-order valence-corrected chi connectivity index (χ4v) is 3.40. The van der Waals surface area contributed by atoms with Crippen molar-refractivity contribution in [2.75, 3.05) is 0 Å². The lowest BCUT2D eigenvalue weighted by atomic mass is 10.1. The van der Waals surface area contributed by atoms with E-state index in [0.29, 0.717) is 20.6 Å². The first-order valence-corrected chi connectivity index (χ1v) is 10.1. The molecule has 1 atom stereocenters. The molecule has 0 radical (unpaired) electrons. The third kappa shape index (κ3) is 6.13. The van der Waals surface area contributed by atoms with E-state index in [-0.39, 0.29) is 30.8 Å². The zero-order valence-electron chi connectivity index (χ0n) is 16.0. The number of nitrogens with one attached hydrogen (secondary N) is 1. The van der Waals surface area contributed by atoms with Crippen LogP contribution in [0.15, 0.2) is 42.5 Å². The normalized spacial score (nSPS) is 12.0. The number of carbonyl (C=O) groups is 2. The summed E-state index contributed by atoms with van der Waals surface area (Å²) < 4.78 is 0. The van der Waals surface area contributed by atoms with Crippen LogP contribution in [0.2, 0.25) is 15.1 Å². The Bertz CT molecular complexity index is 855. The quantitative estimate of drug-likeness (QED) is 0.647. The second kappa shape index (κ2) is 10.1. The predicted octanol–water partition coefficient (Wildman–Crippen LogP) is 5.13. The van der Waals surface area contributed by atoms with E-state index in [1.54, 1.807) is 31.2 Å². The summed E-state index contributed by atoms with van der Waals surface area (Å²) in [5.41, 5.74) is 1.42. The maximum atomic E-state index is 13.1. The molecule has 0 heterocycles. The first-order valence-electron chi connectivity index (χ1n) is 8.96. The largest absolute Gasteiger partial charge is 0.352 e. The van der Waals surface area contributed by atoms with Crippen LogP contribution in [0.4, 0.5) is 0 Å². The van der Waals surface area contributed by atoms with Crippen LogP contribution in [0.3, 0.4) is 0 Å². The summed E-state index contributed by atoms with van der Waals surface area (Å²) in [7, 11) is 0. The van der Waals surface area contributed by atoms with Crippen molar-refractivity contribution in [3.8, 4) is 0 Å². The van der Waals surface area contributed by atoms with Crippen LogP contribution in [0.5, 0.6) is 0 Å². The maximum absolute atomic E-state index is 13.1. The molecule has 0 unspecified atom stereocenters. The Balaban J connectivity index is 2.29. The van der Waals surface area contributed by atoms with Crippen molar-refractivity contribution in [3.63, 3.8) is 0 Å². The molecule has 28 heavy (non-hydrogen) atoms. The zero-order chi connectivity index (χ0) is 20.8. The summed E-state index contributed by atoms with van der Waals surface area (Å²) in [6, 6.07) is 11.6. The van der Waals surface area contributed by atoms with Crippen molar-refractivity contribution in [1.29, 1.82) is 0 Å². The predicted molar refractivity (Wildman–Crippen MR) is 115 cm³/mol. The summed E-state index contributed by atoms with van der Waals surface area (Å²) in [5.74, 6) is -0.451. The Morgan fingerprint density at radius 1 is 0.964 bits per heavy atom. The van der Waals surface area contributed by atoms with E-state index in [1.165, 1.54) is 4.90 Å². The van der Waals surface area contributed by atoms with Crippen LogP contribution >= 0.6 is 34.8 Å². The Morgan fingerprint density at radius 2 is 1.64 bits per heavy atom. The van der Waals surface area contributed by atoms with Gasteiger partial charge in [0.1, 0.15) is 6.04 Å². The lowest BCUT2D eigenvalue weighted by molar-refractivity contribution is -0.140. The van der Waals surface area contributed by atoms with Gasteiger partial charge in [-0.05, 0) is 50.1 Å². The van der Waals surface area contributed by atoms with Gasteiger partial charge in [-0.3, -0.25) is 9.59 Å². The van der Waals surface area contributed by atoms with Gasteiger partial charge in [0.05, 0.1) is 6.42 Å². The smallest absolute Gasteiger partial charge is 0.242 e. The SMILES string of the molecule is CC(C)NC(=O)[C@@H](C)N(Cc1ccccc1Cl)C(=O)Cc1ccc(Cl)cc1Cl. The molecule has 0 aliphatic heterocycles. The highest BCUT2D eigenvalue weighted by atomic mass is 35.5. The molecule has 0 spiro atoms. The van der Waals surface area contributed by atoms with Gasteiger partial charge in [-0.2, -0.15) is 0 Å². The van der Waals surface area contributed by atoms with Crippen molar-refractivity contribution in [1.82, 2.24) is 10.2 Å². The van der Waals surface area contributed by atoms with E-state index in [0.717, 1.165) is 5.56 Å². The molecule has 0 aliphatic rings. The van der Waals surface area contributed by atoms with Gasteiger partial charge in [-0.1, -0.05) is 59.1 Å². The number of benzene rings is 2. The lowest BCUT2D eigenvalue weighted by Gasteiger charge is -2.30. The van der Waals surface area contributed by atoms with Crippen molar-refractivity contribution >= 4 is 46.6 Å². The minimum Gasteiger partial charge on any atom is -0.352 e. The maximum Gasteiger partial charge on any atom is 0.242 e. The molecular formula is C21H23Cl3N2O2. The number of nitrogens with zero attached hydrogens (tertiary/aromatic N) is 1. The van der Waals surface area contributed by atoms with Gasteiger partial charge in [0.25, 0.3) is 0 Å². The van der Waals surface area contributed by atoms with Gasteiger partial charge in [-0.25, -0.2) is 0 Å². The molecule has 4 nitrogen and oxygen atoms in total. The molecule has 0 fully saturated rings. The fourth-order valence-electron chi connectivity index (χ4n) is 2.73. The van der Waals surface area contributed by atoms with Crippen LogP contribution in [0.25, 0.3) is 0 Å². The van der Waals surface area contributed by atoms with Crippen LogP contribution < -0.4 is 5.32 Å². The minimum absolute atomic E-state index is 0.0297. The standard InChI is InChI=1S/C21H23Cl3N2O2/c1-13(2)25-21(28)14(3)26(12-16-6-4-5-7-18(16)23)20(27)10-15-8-9-17(22)11-19(15)24/h4-9,11,13-14H,10,12H2,1-3H3,(H,25,28)/t14-/m1/s1. The summed E-state index contributed by atoms with van der Waals surface area (Å²) in [4.78, 5) is 27.2. The Hall–Kier alpha value is -1.75. The second-order valence-electron chi connectivity index (χ2n) is 6.86. The Kier molecular flexibility index (Phi) is 8.17. The molecule has 0 saturated carbocycles. The van der Waals surface area contributed by atoms with E-state index in [4.69, 9.17) is 34.8 Å². The molecule has 150 valence electrons. The van der Waals surface area contributed by atoms with Crippen molar-refractivity contribution in [2.45, 2.75) is 45.8 Å². The van der Waals surface area contributed by atoms with E-state index < -0.39 is 6.04 Å². The number of amides is 2. The Morgan fingerprint density at radius 3 is 2.25 bits per heavy atom. The van der Waals surface area contributed by atoms with Gasteiger partial charge in [-0.15, -0.1) is 0 Å². The fraction of sp³-hybridized carbons (Fsp3) is 0.333. The van der Waals surface area contributed by atoms with Crippen molar-refractivity contribution < 1.29 is 9.59 Å². The molecule has 7 heteroatoms. The molecule has 2 amide bonds. The summed E-state index contributed by atoms with van der Waals surface area (Å²) >= 11 is 18.4. The highest BCUT2D eigenvalue weighted by Gasteiger charge is 2.27. The number of hydrogen-bond donors (Lipinski definition) is 1. The van der Waals surface area contributed by atoms with Gasteiger partial charge >= 0.3 is 0 Å². The van der Waals surface area contributed by atoms with Crippen molar-refractivity contribution in [3.05, 3.63) is 68.7 Å². The molecule has 0 aromatic heterocycles. The highest BCUT2D eigenvalue weighted by molar-refractivity contribution is 6.35. The summed E-state index contributed by atoms with van der Waals surface area (Å²) in [6.45, 7) is 5.67. The third-order valence-electron chi connectivity index (χ3n) is 4.25. The lowest BCUT2D eigenvalue weighted by Crippen LogP contribution is -2.49. The van der Waals surface area contributed by atoms with Crippen LogP contribution in [0.1, 0.15) is 31.9 Å². The summed E-state index contributed by atoms with van der Waals surface area (Å²) in [6.07, 6.45) is 0.0553. The molecule has 0 saturated heterocycles.